The third kappa shape index (κ3) is 5.22. The van der Waals surface area contributed by atoms with Crippen LogP contribution in [0.4, 0.5) is 0 Å². The molecule has 0 aromatic carbocycles. The van der Waals surface area contributed by atoms with Gasteiger partial charge >= 0.3 is 0 Å². The van der Waals surface area contributed by atoms with Crippen LogP contribution in [-0.4, -0.2) is 27.4 Å². The van der Waals surface area contributed by atoms with E-state index in [9.17, 15) is 0 Å². The van der Waals surface area contributed by atoms with Crippen LogP contribution < -0.4 is 10.6 Å². The van der Waals surface area contributed by atoms with Crippen LogP contribution in [0, 0.1) is 0 Å². The molecule has 0 fully saturated rings. The van der Waals surface area contributed by atoms with E-state index in [0.29, 0.717) is 13.1 Å². The Balaban J connectivity index is 0.00000288. The average molecular weight is 446 g/mol. The van der Waals surface area contributed by atoms with Gasteiger partial charge < -0.3 is 15.2 Å². The van der Waals surface area contributed by atoms with Gasteiger partial charge in [0.15, 0.2) is 5.96 Å². The number of aryl methyl sites for hydroxylation is 3. The Morgan fingerprint density at radius 3 is 2.62 bits per heavy atom. The minimum atomic E-state index is 0. The number of hydrogen-bond donors (Lipinski definition) is 2. The maximum absolute atomic E-state index is 5.39. The highest BCUT2D eigenvalue weighted by Gasteiger charge is 2.13. The molecule has 7 nitrogen and oxygen atoms in total. The molecule has 2 aromatic rings. The molecule has 2 heterocycles. The fourth-order valence-electron chi connectivity index (χ4n) is 2.37. The number of guanidine groups is 1. The number of hydrogen-bond acceptors (Lipinski definition) is 4. The molecule has 2 rings (SSSR count). The van der Waals surface area contributed by atoms with Gasteiger partial charge in [-0.2, -0.15) is 5.10 Å². The van der Waals surface area contributed by atoms with Gasteiger partial charge in [-0.05, 0) is 19.4 Å². The number of nitrogens with one attached hydrogen (secondary N) is 2. The fourth-order valence-corrected chi connectivity index (χ4v) is 2.37. The second-order valence-corrected chi connectivity index (χ2v) is 5.23. The molecule has 8 heteroatoms. The first-order chi connectivity index (χ1) is 11.2. The van der Waals surface area contributed by atoms with E-state index in [1.54, 1.807) is 6.20 Å². The van der Waals surface area contributed by atoms with Gasteiger partial charge in [-0.15, -0.1) is 24.0 Å². The van der Waals surface area contributed by atoms with Crippen molar-refractivity contribution in [3.05, 3.63) is 35.0 Å². The second-order valence-electron chi connectivity index (χ2n) is 5.23. The lowest BCUT2D eigenvalue weighted by Gasteiger charge is -2.11. The van der Waals surface area contributed by atoms with Crippen molar-refractivity contribution in [3.63, 3.8) is 0 Å². The molecule has 2 aromatic heterocycles. The second kappa shape index (κ2) is 10.3. The lowest BCUT2D eigenvalue weighted by Crippen LogP contribution is -2.37. The zero-order chi connectivity index (χ0) is 16.7. The number of halogens is 1. The molecule has 0 spiro atoms. The molecule has 134 valence electrons. The van der Waals surface area contributed by atoms with Crippen molar-refractivity contribution in [2.75, 3.05) is 6.54 Å². The minimum Gasteiger partial charge on any atom is -0.361 e. The summed E-state index contributed by atoms with van der Waals surface area (Å²) in [5, 5.41) is 14.9. The molecule has 0 atom stereocenters. The summed E-state index contributed by atoms with van der Waals surface area (Å²) in [4.78, 5) is 4.67. The highest BCUT2D eigenvalue weighted by molar-refractivity contribution is 14.0. The maximum atomic E-state index is 5.39. The Bertz CT molecular complexity index is 627. The van der Waals surface area contributed by atoms with Crippen LogP contribution in [-0.2, 0) is 33.0 Å². The van der Waals surface area contributed by atoms with E-state index < -0.39 is 0 Å². The van der Waals surface area contributed by atoms with Crippen molar-refractivity contribution in [1.29, 1.82) is 0 Å². The Morgan fingerprint density at radius 2 is 2.04 bits per heavy atom. The summed E-state index contributed by atoms with van der Waals surface area (Å²) < 4.78 is 7.24. The fraction of sp³-hybridized carbons (Fsp3) is 0.562. The van der Waals surface area contributed by atoms with Crippen LogP contribution in [0.15, 0.2) is 21.8 Å². The molecule has 0 aliphatic heterocycles. The summed E-state index contributed by atoms with van der Waals surface area (Å²) in [6.45, 7) is 8.25. The maximum Gasteiger partial charge on any atom is 0.191 e. The smallest absolute Gasteiger partial charge is 0.191 e. The normalized spacial score (nSPS) is 11.2. The minimum absolute atomic E-state index is 0. The van der Waals surface area contributed by atoms with Crippen LogP contribution in [0.25, 0.3) is 0 Å². The van der Waals surface area contributed by atoms with E-state index >= 15 is 0 Å². The summed E-state index contributed by atoms with van der Waals surface area (Å²) in [7, 11) is 1.93. The van der Waals surface area contributed by atoms with Gasteiger partial charge in [0, 0.05) is 31.8 Å². The predicted molar refractivity (Wildman–Crippen MR) is 106 cm³/mol. The van der Waals surface area contributed by atoms with Gasteiger partial charge in [0.2, 0.25) is 0 Å². The van der Waals surface area contributed by atoms with Crippen molar-refractivity contribution >= 4 is 29.9 Å². The summed E-state index contributed by atoms with van der Waals surface area (Å²) in [6.07, 6.45) is 3.48. The van der Waals surface area contributed by atoms with Crippen molar-refractivity contribution in [3.8, 4) is 0 Å². The monoisotopic (exact) mass is 446 g/mol. The Labute approximate surface area is 160 Å². The Hall–Kier alpha value is -1.58. The van der Waals surface area contributed by atoms with Crippen LogP contribution in [0.1, 0.15) is 43.5 Å². The van der Waals surface area contributed by atoms with Gasteiger partial charge in [-0.3, -0.25) is 4.68 Å². The van der Waals surface area contributed by atoms with Crippen LogP contribution in [0.5, 0.6) is 0 Å². The summed E-state index contributed by atoms with van der Waals surface area (Å²) >= 11 is 0. The van der Waals surface area contributed by atoms with Crippen molar-refractivity contribution in [1.82, 2.24) is 25.6 Å². The molecule has 0 saturated carbocycles. The number of aliphatic imine (C=N–C) groups is 1. The molecule has 0 aliphatic rings. The average Bonchev–Trinajstić information content (AvgIpc) is 3.15. The number of aromatic nitrogens is 3. The molecule has 0 amide bonds. The first-order valence-corrected chi connectivity index (χ1v) is 8.14. The van der Waals surface area contributed by atoms with E-state index in [2.05, 4.69) is 46.7 Å². The van der Waals surface area contributed by atoms with Crippen molar-refractivity contribution in [2.45, 2.75) is 46.7 Å². The van der Waals surface area contributed by atoms with Crippen molar-refractivity contribution < 1.29 is 4.52 Å². The van der Waals surface area contributed by atoms with Gasteiger partial charge in [0.25, 0.3) is 0 Å². The molecule has 0 aliphatic carbocycles. The standard InChI is InChI=1S/C16H26N6O.HI/c1-5-14-13(15(6-2)23-21-14)11-19-16(17-7-3)18-10-12-8-9-20-22(12)4;/h8-9H,5-7,10-11H2,1-4H3,(H2,17,18,19);1H. The van der Waals surface area contributed by atoms with Crippen LogP contribution in [0.3, 0.4) is 0 Å². The lowest BCUT2D eigenvalue weighted by molar-refractivity contribution is 0.380. The zero-order valence-electron chi connectivity index (χ0n) is 14.8. The molecule has 2 N–H and O–H groups in total. The van der Waals surface area contributed by atoms with Crippen LogP contribution >= 0.6 is 24.0 Å². The SMILES string of the molecule is CCNC(=NCc1c(CC)noc1CC)NCc1ccnn1C.I. The van der Waals surface area contributed by atoms with Gasteiger partial charge in [0.1, 0.15) is 5.76 Å². The summed E-state index contributed by atoms with van der Waals surface area (Å²) in [5.74, 6) is 1.70. The topological polar surface area (TPSA) is 80.3 Å². The molecule has 24 heavy (non-hydrogen) atoms. The van der Waals surface area contributed by atoms with Gasteiger partial charge in [0.05, 0.1) is 24.5 Å². The van der Waals surface area contributed by atoms with E-state index in [1.165, 1.54) is 0 Å². The van der Waals surface area contributed by atoms with Gasteiger partial charge in [-0.25, -0.2) is 4.99 Å². The van der Waals surface area contributed by atoms with E-state index in [-0.39, 0.29) is 24.0 Å². The third-order valence-electron chi connectivity index (χ3n) is 3.71. The number of rotatable bonds is 7. The van der Waals surface area contributed by atoms with Crippen LogP contribution in [0.2, 0.25) is 0 Å². The lowest BCUT2D eigenvalue weighted by atomic mass is 10.1. The molecular formula is C16H27IN6O. The summed E-state index contributed by atoms with van der Waals surface area (Å²) in [6, 6.07) is 1.99. The molecule has 0 radical (unpaired) electrons. The predicted octanol–water partition coefficient (Wildman–Crippen LogP) is 2.41. The molecule has 0 saturated heterocycles. The third-order valence-corrected chi connectivity index (χ3v) is 3.71. The number of nitrogens with zero attached hydrogens (tertiary/aromatic N) is 4. The van der Waals surface area contributed by atoms with Crippen molar-refractivity contribution in [2.24, 2.45) is 12.0 Å². The van der Waals surface area contributed by atoms with E-state index in [0.717, 1.165) is 48.1 Å². The highest BCUT2D eigenvalue weighted by atomic mass is 127. The molecular weight excluding hydrogens is 419 g/mol. The molecule has 0 bridgehead atoms. The Kier molecular flexibility index (Phi) is 8.80. The first-order valence-electron chi connectivity index (χ1n) is 8.14. The van der Waals surface area contributed by atoms with Gasteiger partial charge in [-0.1, -0.05) is 19.0 Å². The zero-order valence-corrected chi connectivity index (χ0v) is 17.1. The van der Waals surface area contributed by atoms with E-state index in [1.807, 2.05) is 17.8 Å². The molecule has 0 unspecified atom stereocenters. The van der Waals surface area contributed by atoms with E-state index in [4.69, 9.17) is 4.52 Å². The summed E-state index contributed by atoms with van der Waals surface area (Å²) in [5.41, 5.74) is 3.20. The quantitative estimate of drug-likeness (QED) is 0.388. The largest absolute Gasteiger partial charge is 0.361 e. The Morgan fingerprint density at radius 1 is 1.25 bits per heavy atom. The first kappa shape index (κ1) is 20.5. The highest BCUT2D eigenvalue weighted by Crippen LogP contribution is 2.16.